The third kappa shape index (κ3) is 3.07. The molecular formula is C13H18N2O5S. The summed E-state index contributed by atoms with van der Waals surface area (Å²) in [5.74, 6) is 0. The van der Waals surface area contributed by atoms with E-state index >= 15 is 0 Å². The van der Waals surface area contributed by atoms with Gasteiger partial charge in [0.1, 0.15) is 0 Å². The Kier molecular flexibility index (Phi) is 4.31. The highest BCUT2D eigenvalue weighted by molar-refractivity contribution is 7.89. The second kappa shape index (κ2) is 5.70. The Bertz CT molecular complexity index is 671. The number of sulfonamides is 1. The summed E-state index contributed by atoms with van der Waals surface area (Å²) in [7, 11) is -3.76. The van der Waals surface area contributed by atoms with Gasteiger partial charge in [-0.15, -0.1) is 0 Å². The molecule has 2 rings (SSSR count). The molecule has 0 aliphatic carbocycles. The summed E-state index contributed by atoms with van der Waals surface area (Å²) in [4.78, 5) is 10.4. The summed E-state index contributed by atoms with van der Waals surface area (Å²) < 4.78 is 32.1. The van der Waals surface area contributed by atoms with Crippen molar-refractivity contribution in [2.75, 3.05) is 19.7 Å². The Balaban J connectivity index is 2.51. The normalized spacial score (nSPS) is 20.4. The van der Waals surface area contributed by atoms with Gasteiger partial charge in [0, 0.05) is 25.2 Å². The van der Waals surface area contributed by atoms with Crippen LogP contribution in [0.25, 0.3) is 0 Å². The van der Waals surface area contributed by atoms with Crippen LogP contribution in [0.4, 0.5) is 5.69 Å². The lowest BCUT2D eigenvalue weighted by molar-refractivity contribution is -0.385. The molecule has 21 heavy (non-hydrogen) atoms. The van der Waals surface area contributed by atoms with Gasteiger partial charge in [-0.25, -0.2) is 8.42 Å². The molecule has 1 aromatic carbocycles. The number of non-ortho nitro benzene ring substituents is 1. The summed E-state index contributed by atoms with van der Waals surface area (Å²) in [6, 6.07) is 2.52. The number of nitrogens with zero attached hydrogens (tertiary/aromatic N) is 2. The third-order valence-electron chi connectivity index (χ3n) is 3.64. The van der Waals surface area contributed by atoms with Crippen LogP contribution < -0.4 is 0 Å². The highest BCUT2D eigenvalue weighted by atomic mass is 32.2. The molecule has 8 heteroatoms. The first kappa shape index (κ1) is 15.9. The van der Waals surface area contributed by atoms with E-state index in [0.29, 0.717) is 17.7 Å². The highest BCUT2D eigenvalue weighted by Gasteiger charge is 2.31. The summed E-state index contributed by atoms with van der Waals surface area (Å²) >= 11 is 0. The summed E-state index contributed by atoms with van der Waals surface area (Å²) in [5.41, 5.74) is 0.918. The van der Waals surface area contributed by atoms with Crippen molar-refractivity contribution in [1.29, 1.82) is 0 Å². The molecule has 1 unspecified atom stereocenters. The molecule has 1 aliphatic rings. The number of benzene rings is 1. The Labute approximate surface area is 123 Å². The van der Waals surface area contributed by atoms with Crippen molar-refractivity contribution in [2.24, 2.45) is 0 Å². The molecule has 1 atom stereocenters. The molecule has 0 N–H and O–H groups in total. The van der Waals surface area contributed by atoms with Crippen molar-refractivity contribution in [3.8, 4) is 0 Å². The number of aryl methyl sites for hydroxylation is 1. The zero-order chi connectivity index (χ0) is 15.8. The molecule has 1 heterocycles. The molecule has 7 nitrogen and oxygen atoms in total. The Hall–Kier alpha value is -1.51. The minimum atomic E-state index is -3.76. The monoisotopic (exact) mass is 314 g/mol. The maximum absolute atomic E-state index is 12.7. The minimum absolute atomic E-state index is 0.00306. The van der Waals surface area contributed by atoms with Gasteiger partial charge in [-0.3, -0.25) is 10.1 Å². The number of rotatable bonds is 3. The molecule has 0 bridgehead atoms. The summed E-state index contributed by atoms with van der Waals surface area (Å²) in [6.07, 6.45) is -0.186. The van der Waals surface area contributed by atoms with Gasteiger partial charge in [0.2, 0.25) is 10.0 Å². The lowest BCUT2D eigenvalue weighted by Crippen LogP contribution is -2.44. The Morgan fingerprint density at radius 2 is 2.05 bits per heavy atom. The molecule has 1 saturated heterocycles. The molecule has 0 aromatic heterocycles. The molecule has 1 aromatic rings. The standard InChI is InChI=1S/C13H18N2O5S/c1-9-6-12(15(16)17)7-13(11(9)3)21(18,19)14-4-5-20-10(2)8-14/h6-7,10H,4-5,8H2,1-3H3. The first-order valence-corrected chi connectivity index (χ1v) is 8.05. The average molecular weight is 314 g/mol. The van der Waals surface area contributed by atoms with Crippen molar-refractivity contribution in [3.63, 3.8) is 0 Å². The van der Waals surface area contributed by atoms with Gasteiger partial charge in [0.15, 0.2) is 0 Å². The molecule has 1 aliphatic heterocycles. The molecule has 0 spiro atoms. The quantitative estimate of drug-likeness (QED) is 0.624. The average Bonchev–Trinajstić information content (AvgIpc) is 2.41. The maximum Gasteiger partial charge on any atom is 0.271 e. The van der Waals surface area contributed by atoms with Crippen LogP contribution in [0.5, 0.6) is 0 Å². The van der Waals surface area contributed by atoms with E-state index in [1.54, 1.807) is 20.8 Å². The van der Waals surface area contributed by atoms with E-state index < -0.39 is 14.9 Å². The van der Waals surface area contributed by atoms with Crippen LogP contribution >= 0.6 is 0 Å². The van der Waals surface area contributed by atoms with Crippen LogP contribution in [0, 0.1) is 24.0 Å². The molecule has 0 radical (unpaired) electrons. The van der Waals surface area contributed by atoms with Crippen LogP contribution in [0.15, 0.2) is 17.0 Å². The number of hydrogen-bond acceptors (Lipinski definition) is 5. The van der Waals surface area contributed by atoms with Crippen LogP contribution in [0.3, 0.4) is 0 Å². The predicted octanol–water partition coefficient (Wildman–Crippen LogP) is 1.62. The van der Waals surface area contributed by atoms with E-state index in [4.69, 9.17) is 4.74 Å². The van der Waals surface area contributed by atoms with Crippen molar-refractivity contribution in [3.05, 3.63) is 33.4 Å². The first-order valence-electron chi connectivity index (χ1n) is 6.61. The SMILES string of the molecule is Cc1cc([N+](=O)[O-])cc(S(=O)(=O)N2CCOC(C)C2)c1C. The molecular weight excluding hydrogens is 296 g/mol. The zero-order valence-electron chi connectivity index (χ0n) is 12.2. The maximum atomic E-state index is 12.7. The van der Waals surface area contributed by atoms with Gasteiger partial charge in [0.25, 0.3) is 5.69 Å². The molecule has 0 saturated carbocycles. The van der Waals surface area contributed by atoms with Crippen LogP contribution in [0.1, 0.15) is 18.1 Å². The second-order valence-corrected chi connectivity index (χ2v) is 7.09. The lowest BCUT2D eigenvalue weighted by atomic mass is 10.1. The topological polar surface area (TPSA) is 89.8 Å². The van der Waals surface area contributed by atoms with Crippen molar-refractivity contribution in [1.82, 2.24) is 4.31 Å². The predicted molar refractivity (Wildman–Crippen MR) is 76.7 cm³/mol. The van der Waals surface area contributed by atoms with E-state index in [1.165, 1.54) is 10.4 Å². The van der Waals surface area contributed by atoms with Crippen LogP contribution in [0.2, 0.25) is 0 Å². The number of ether oxygens (including phenoxy) is 1. The number of hydrogen-bond donors (Lipinski definition) is 0. The number of morpholine rings is 1. The van der Waals surface area contributed by atoms with Crippen molar-refractivity contribution >= 4 is 15.7 Å². The smallest absolute Gasteiger partial charge is 0.271 e. The van der Waals surface area contributed by atoms with Crippen molar-refractivity contribution < 1.29 is 18.1 Å². The van der Waals surface area contributed by atoms with E-state index in [2.05, 4.69) is 0 Å². The fraction of sp³-hybridized carbons (Fsp3) is 0.538. The molecule has 116 valence electrons. The van der Waals surface area contributed by atoms with Gasteiger partial charge in [0.05, 0.1) is 22.5 Å². The van der Waals surface area contributed by atoms with Crippen molar-refractivity contribution in [2.45, 2.75) is 31.8 Å². The Morgan fingerprint density at radius 1 is 1.38 bits per heavy atom. The zero-order valence-corrected chi connectivity index (χ0v) is 13.0. The molecule has 0 amide bonds. The second-order valence-electron chi connectivity index (χ2n) is 5.19. The van der Waals surface area contributed by atoms with Gasteiger partial charge in [-0.1, -0.05) is 0 Å². The fourth-order valence-corrected chi connectivity index (χ4v) is 4.14. The Morgan fingerprint density at radius 3 is 2.62 bits per heavy atom. The van der Waals surface area contributed by atoms with Gasteiger partial charge >= 0.3 is 0 Å². The van der Waals surface area contributed by atoms with E-state index in [-0.39, 0.29) is 29.8 Å². The summed E-state index contributed by atoms with van der Waals surface area (Å²) in [5, 5.41) is 10.9. The van der Waals surface area contributed by atoms with Crippen LogP contribution in [-0.4, -0.2) is 43.4 Å². The fourth-order valence-electron chi connectivity index (χ4n) is 2.33. The summed E-state index contributed by atoms with van der Waals surface area (Å²) in [6.45, 7) is 5.97. The number of nitro groups is 1. The number of nitro benzene ring substituents is 1. The van der Waals surface area contributed by atoms with Gasteiger partial charge in [-0.2, -0.15) is 4.31 Å². The van der Waals surface area contributed by atoms with Gasteiger partial charge in [-0.05, 0) is 31.9 Å². The van der Waals surface area contributed by atoms with E-state index in [1.807, 2.05) is 0 Å². The lowest BCUT2D eigenvalue weighted by Gasteiger charge is -2.30. The largest absolute Gasteiger partial charge is 0.376 e. The van der Waals surface area contributed by atoms with E-state index in [9.17, 15) is 18.5 Å². The van der Waals surface area contributed by atoms with E-state index in [0.717, 1.165) is 6.07 Å². The van der Waals surface area contributed by atoms with Gasteiger partial charge < -0.3 is 4.74 Å². The first-order chi connectivity index (χ1) is 9.73. The van der Waals surface area contributed by atoms with Crippen LogP contribution in [-0.2, 0) is 14.8 Å². The highest BCUT2D eigenvalue weighted by Crippen LogP contribution is 2.28. The third-order valence-corrected chi connectivity index (χ3v) is 5.63. The minimum Gasteiger partial charge on any atom is -0.376 e. The molecule has 1 fully saturated rings.